The van der Waals surface area contributed by atoms with Gasteiger partial charge in [-0.1, -0.05) is 36.4 Å². The third kappa shape index (κ3) is 5.72. The average Bonchev–Trinajstić information content (AvgIpc) is 3.18. The van der Waals surface area contributed by atoms with Gasteiger partial charge in [0.25, 0.3) is 0 Å². The molecule has 1 aromatic heterocycles. The van der Waals surface area contributed by atoms with Crippen molar-refractivity contribution in [2.24, 2.45) is 0 Å². The van der Waals surface area contributed by atoms with Gasteiger partial charge in [-0.2, -0.15) is 0 Å². The number of thiazole rings is 1. The minimum atomic E-state index is -3.66. The van der Waals surface area contributed by atoms with Gasteiger partial charge in [0.05, 0.1) is 16.2 Å². The molecule has 0 fully saturated rings. The summed E-state index contributed by atoms with van der Waals surface area (Å²) < 4.78 is 32.3. The topological polar surface area (TPSA) is 85.4 Å². The zero-order valence-corrected chi connectivity index (χ0v) is 17.8. The number of aromatic nitrogens is 1. The Hall–Kier alpha value is -2.55. The summed E-state index contributed by atoms with van der Waals surface area (Å²) in [6.45, 7) is 3.87. The van der Waals surface area contributed by atoms with Crippen molar-refractivity contribution >= 4 is 27.3 Å². The van der Waals surface area contributed by atoms with Crippen molar-refractivity contribution in [1.29, 1.82) is 0 Å². The van der Waals surface area contributed by atoms with E-state index in [2.05, 4.69) is 9.71 Å². The zero-order chi connectivity index (χ0) is 20.9. The van der Waals surface area contributed by atoms with E-state index in [0.29, 0.717) is 0 Å². The molecule has 0 amide bonds. The fraction of sp³-hybridized carbons (Fsp3) is 0.238. The van der Waals surface area contributed by atoms with Gasteiger partial charge in [0, 0.05) is 18.3 Å². The summed E-state index contributed by atoms with van der Waals surface area (Å²) in [5.41, 5.74) is 2.92. The Morgan fingerprint density at radius 1 is 1.10 bits per heavy atom. The lowest BCUT2D eigenvalue weighted by Crippen LogP contribution is -2.26. The van der Waals surface area contributed by atoms with Crippen LogP contribution in [0, 0.1) is 13.8 Å². The molecule has 152 valence electrons. The number of esters is 1. The first-order chi connectivity index (χ1) is 13.8. The lowest BCUT2D eigenvalue weighted by molar-refractivity contribution is -0.144. The van der Waals surface area contributed by atoms with Gasteiger partial charge < -0.3 is 4.74 Å². The van der Waals surface area contributed by atoms with E-state index in [1.807, 2.05) is 44.2 Å². The first-order valence-corrected chi connectivity index (χ1v) is 11.4. The summed E-state index contributed by atoms with van der Waals surface area (Å²) in [4.78, 5) is 17.3. The summed E-state index contributed by atoms with van der Waals surface area (Å²) in [6, 6.07) is 14.7. The van der Waals surface area contributed by atoms with E-state index >= 15 is 0 Å². The van der Waals surface area contributed by atoms with E-state index in [-0.39, 0.29) is 24.5 Å². The monoisotopic (exact) mass is 430 g/mol. The molecule has 0 aliphatic carbocycles. The Labute approximate surface area is 174 Å². The number of benzene rings is 2. The zero-order valence-electron chi connectivity index (χ0n) is 16.2. The van der Waals surface area contributed by atoms with Crippen LogP contribution in [0.5, 0.6) is 0 Å². The van der Waals surface area contributed by atoms with E-state index in [1.165, 1.54) is 11.3 Å². The highest BCUT2D eigenvalue weighted by atomic mass is 32.2. The van der Waals surface area contributed by atoms with Gasteiger partial charge in [-0.3, -0.25) is 4.79 Å². The number of hydrogen-bond donors (Lipinski definition) is 1. The van der Waals surface area contributed by atoms with Gasteiger partial charge in [-0.25, -0.2) is 18.1 Å². The first kappa shape index (κ1) is 21.2. The van der Waals surface area contributed by atoms with Gasteiger partial charge >= 0.3 is 5.97 Å². The van der Waals surface area contributed by atoms with Crippen molar-refractivity contribution < 1.29 is 17.9 Å². The molecule has 0 aliphatic rings. The number of sulfonamides is 1. The van der Waals surface area contributed by atoms with E-state index in [4.69, 9.17) is 4.74 Å². The number of carbonyl (C=O) groups excluding carboxylic acids is 1. The number of aryl methyl sites for hydroxylation is 2. The molecule has 0 spiro atoms. The second-order valence-corrected chi connectivity index (χ2v) is 9.43. The van der Waals surface area contributed by atoms with Gasteiger partial charge in [0.1, 0.15) is 11.6 Å². The molecule has 3 aromatic rings. The van der Waals surface area contributed by atoms with Gasteiger partial charge in [-0.05, 0) is 37.1 Å². The van der Waals surface area contributed by atoms with Crippen LogP contribution in [0.15, 0.2) is 59.6 Å². The highest BCUT2D eigenvalue weighted by Crippen LogP contribution is 2.25. The molecule has 29 heavy (non-hydrogen) atoms. The normalized spacial score (nSPS) is 11.4. The molecule has 2 aromatic carbocycles. The molecule has 0 bridgehead atoms. The van der Waals surface area contributed by atoms with E-state index < -0.39 is 16.0 Å². The van der Waals surface area contributed by atoms with Gasteiger partial charge in [0.15, 0.2) is 0 Å². The molecular formula is C21H22N2O4S2. The summed E-state index contributed by atoms with van der Waals surface area (Å²) in [5, 5.41) is 0.859. The Kier molecular flexibility index (Phi) is 6.79. The Bertz CT molecular complexity index is 1090. The van der Waals surface area contributed by atoms with Crippen LogP contribution >= 0.6 is 11.3 Å². The maximum absolute atomic E-state index is 12.3. The van der Waals surface area contributed by atoms with Crippen LogP contribution in [0.25, 0.3) is 10.6 Å². The van der Waals surface area contributed by atoms with Crippen molar-refractivity contribution in [1.82, 2.24) is 9.71 Å². The van der Waals surface area contributed by atoms with Crippen LogP contribution in [0.2, 0.25) is 0 Å². The van der Waals surface area contributed by atoms with Crippen molar-refractivity contribution in [3.05, 3.63) is 70.7 Å². The lowest BCUT2D eigenvalue weighted by atomic mass is 10.1. The molecule has 0 saturated heterocycles. The maximum Gasteiger partial charge on any atom is 0.307 e. The van der Waals surface area contributed by atoms with Crippen LogP contribution in [-0.4, -0.2) is 25.9 Å². The molecule has 6 nitrogen and oxygen atoms in total. The average molecular weight is 431 g/mol. The standard InChI is InChI=1S/C21H22N2O4S2/c1-15-8-9-19(12-16(15)2)29(25,26)23-11-10-20(24)27-14-18-13-22-21(28-18)17-6-4-3-5-7-17/h3-9,12-13,23H,10-11,14H2,1-2H3. The summed E-state index contributed by atoms with van der Waals surface area (Å²) in [7, 11) is -3.66. The number of nitrogens with zero attached hydrogens (tertiary/aromatic N) is 1. The SMILES string of the molecule is Cc1ccc(S(=O)(=O)NCCC(=O)OCc2cnc(-c3ccccc3)s2)cc1C. The largest absolute Gasteiger partial charge is 0.460 e. The molecule has 0 radical (unpaired) electrons. The molecule has 1 heterocycles. The molecule has 0 saturated carbocycles. The number of ether oxygens (including phenoxy) is 1. The quantitative estimate of drug-likeness (QED) is 0.549. The summed E-state index contributed by atoms with van der Waals surface area (Å²) in [6.07, 6.45) is 1.64. The molecular weight excluding hydrogens is 408 g/mol. The van der Waals surface area contributed by atoms with Crippen LogP contribution in [0.1, 0.15) is 22.4 Å². The third-order valence-corrected chi connectivity index (χ3v) is 6.84. The van der Waals surface area contributed by atoms with E-state index in [9.17, 15) is 13.2 Å². The third-order valence-electron chi connectivity index (χ3n) is 4.36. The summed E-state index contributed by atoms with van der Waals surface area (Å²) in [5.74, 6) is -0.470. The highest BCUT2D eigenvalue weighted by molar-refractivity contribution is 7.89. The second-order valence-electron chi connectivity index (χ2n) is 6.55. The smallest absolute Gasteiger partial charge is 0.307 e. The second kappa shape index (κ2) is 9.30. The fourth-order valence-electron chi connectivity index (χ4n) is 2.56. The maximum atomic E-state index is 12.3. The van der Waals surface area contributed by atoms with Crippen molar-refractivity contribution in [3.63, 3.8) is 0 Å². The lowest BCUT2D eigenvalue weighted by Gasteiger charge is -2.08. The number of hydrogen-bond acceptors (Lipinski definition) is 6. The van der Waals surface area contributed by atoms with Crippen LogP contribution < -0.4 is 4.72 Å². The highest BCUT2D eigenvalue weighted by Gasteiger charge is 2.15. The van der Waals surface area contributed by atoms with Gasteiger partial charge in [0.2, 0.25) is 10.0 Å². The van der Waals surface area contributed by atoms with Crippen LogP contribution in [0.3, 0.4) is 0 Å². The van der Waals surface area contributed by atoms with Crippen molar-refractivity contribution in [2.75, 3.05) is 6.54 Å². The number of rotatable bonds is 8. The van der Waals surface area contributed by atoms with Crippen molar-refractivity contribution in [3.8, 4) is 10.6 Å². The molecule has 0 aliphatic heterocycles. The minimum absolute atomic E-state index is 0.0218. The van der Waals surface area contributed by atoms with Gasteiger partial charge in [-0.15, -0.1) is 11.3 Å². The number of nitrogens with one attached hydrogen (secondary N) is 1. The van der Waals surface area contributed by atoms with E-state index in [0.717, 1.165) is 26.6 Å². The fourth-order valence-corrected chi connectivity index (χ4v) is 4.51. The van der Waals surface area contributed by atoms with Crippen LogP contribution in [0.4, 0.5) is 0 Å². The summed E-state index contributed by atoms with van der Waals surface area (Å²) >= 11 is 1.46. The first-order valence-electron chi connectivity index (χ1n) is 9.08. The molecule has 0 unspecified atom stereocenters. The van der Waals surface area contributed by atoms with Crippen LogP contribution in [-0.2, 0) is 26.2 Å². The Morgan fingerprint density at radius 3 is 2.59 bits per heavy atom. The predicted octanol–water partition coefficient (Wildman–Crippen LogP) is 3.84. The predicted molar refractivity (Wildman–Crippen MR) is 113 cm³/mol. The van der Waals surface area contributed by atoms with Crippen molar-refractivity contribution in [2.45, 2.75) is 31.8 Å². The molecule has 0 atom stereocenters. The Balaban J connectivity index is 1.47. The minimum Gasteiger partial charge on any atom is -0.460 e. The molecule has 1 N–H and O–H groups in total. The van der Waals surface area contributed by atoms with E-state index in [1.54, 1.807) is 24.4 Å². The molecule has 3 rings (SSSR count). The Morgan fingerprint density at radius 2 is 1.86 bits per heavy atom. The number of carbonyl (C=O) groups is 1. The molecule has 8 heteroatoms.